The minimum absolute atomic E-state index is 0.00245. The molecule has 2 aromatic rings. The Morgan fingerprint density at radius 3 is 2.89 bits per heavy atom. The van der Waals surface area contributed by atoms with E-state index in [1.165, 1.54) is 0 Å². The molecule has 0 bridgehead atoms. The van der Waals surface area contributed by atoms with E-state index in [1.807, 2.05) is 26.1 Å². The van der Waals surface area contributed by atoms with E-state index in [9.17, 15) is 0 Å². The monoisotopic (exact) mass is 278 g/mol. The third-order valence-electron chi connectivity index (χ3n) is 2.37. The number of aryl methyl sites for hydroxylation is 1. The van der Waals surface area contributed by atoms with Crippen molar-refractivity contribution in [1.29, 1.82) is 5.26 Å². The van der Waals surface area contributed by atoms with E-state index in [-0.39, 0.29) is 6.04 Å². The second kappa shape index (κ2) is 5.34. The largest absolute Gasteiger partial charge is 0.360 e. The van der Waals surface area contributed by atoms with Crippen LogP contribution >= 0.6 is 22.9 Å². The van der Waals surface area contributed by atoms with E-state index in [4.69, 9.17) is 16.9 Å². The van der Waals surface area contributed by atoms with Crippen LogP contribution in [-0.2, 0) is 0 Å². The number of pyridine rings is 1. The molecule has 4 nitrogen and oxygen atoms in total. The molecule has 0 fully saturated rings. The van der Waals surface area contributed by atoms with Gasteiger partial charge < -0.3 is 5.32 Å². The van der Waals surface area contributed by atoms with Gasteiger partial charge in [0.25, 0.3) is 0 Å². The lowest BCUT2D eigenvalue weighted by atomic mass is 10.2. The van der Waals surface area contributed by atoms with Gasteiger partial charge in [0.05, 0.1) is 11.6 Å². The average molecular weight is 279 g/mol. The molecule has 1 N–H and O–H groups in total. The molecule has 0 saturated carbocycles. The minimum Gasteiger partial charge on any atom is -0.360 e. The van der Waals surface area contributed by atoms with Crippen LogP contribution in [0.3, 0.4) is 0 Å². The molecule has 2 aromatic heterocycles. The average Bonchev–Trinajstić information content (AvgIpc) is 2.78. The van der Waals surface area contributed by atoms with Crippen molar-refractivity contribution in [2.75, 3.05) is 5.32 Å². The Morgan fingerprint density at radius 2 is 2.28 bits per heavy atom. The SMILES string of the molecule is Cc1cnc(C(C)Nc2nccc(C#N)c2Cl)s1. The highest BCUT2D eigenvalue weighted by atomic mass is 35.5. The maximum Gasteiger partial charge on any atom is 0.146 e. The first kappa shape index (κ1) is 12.8. The van der Waals surface area contributed by atoms with E-state index in [2.05, 4.69) is 15.3 Å². The summed E-state index contributed by atoms with van der Waals surface area (Å²) in [5, 5.41) is 13.4. The molecule has 0 radical (unpaired) electrons. The maximum absolute atomic E-state index is 8.90. The van der Waals surface area contributed by atoms with Gasteiger partial charge in [-0.05, 0) is 19.9 Å². The number of hydrogen-bond acceptors (Lipinski definition) is 5. The molecule has 0 spiro atoms. The number of rotatable bonds is 3. The molecule has 6 heteroatoms. The highest BCUT2D eigenvalue weighted by Gasteiger charge is 2.13. The number of hydrogen-bond donors (Lipinski definition) is 1. The zero-order chi connectivity index (χ0) is 13.1. The summed E-state index contributed by atoms with van der Waals surface area (Å²) in [4.78, 5) is 9.60. The topological polar surface area (TPSA) is 61.6 Å². The number of aromatic nitrogens is 2. The zero-order valence-electron chi connectivity index (χ0n) is 9.94. The smallest absolute Gasteiger partial charge is 0.146 e. The summed E-state index contributed by atoms with van der Waals surface area (Å²) < 4.78 is 0. The first-order valence-electron chi connectivity index (χ1n) is 5.35. The highest BCUT2D eigenvalue weighted by Crippen LogP contribution is 2.28. The minimum atomic E-state index is 0.00245. The van der Waals surface area contributed by atoms with Crippen molar-refractivity contribution in [3.8, 4) is 6.07 Å². The molecular weight excluding hydrogens is 268 g/mol. The normalized spacial score (nSPS) is 11.9. The summed E-state index contributed by atoms with van der Waals surface area (Å²) in [7, 11) is 0. The highest BCUT2D eigenvalue weighted by molar-refractivity contribution is 7.11. The Balaban J connectivity index is 2.22. The molecule has 1 atom stereocenters. The summed E-state index contributed by atoms with van der Waals surface area (Å²) in [5.41, 5.74) is 0.414. The van der Waals surface area contributed by atoms with Gasteiger partial charge in [0.15, 0.2) is 0 Å². The molecule has 0 saturated heterocycles. The van der Waals surface area contributed by atoms with Crippen molar-refractivity contribution < 1.29 is 0 Å². The summed E-state index contributed by atoms with van der Waals surface area (Å²) in [6.07, 6.45) is 3.39. The van der Waals surface area contributed by atoms with Crippen LogP contribution in [-0.4, -0.2) is 9.97 Å². The van der Waals surface area contributed by atoms with Crippen LogP contribution in [0, 0.1) is 18.3 Å². The molecule has 1 unspecified atom stereocenters. The van der Waals surface area contributed by atoms with Gasteiger partial charge in [-0.1, -0.05) is 11.6 Å². The van der Waals surface area contributed by atoms with E-state index < -0.39 is 0 Å². The second-order valence-corrected chi connectivity index (χ2v) is 5.45. The van der Waals surface area contributed by atoms with Crippen molar-refractivity contribution in [2.45, 2.75) is 19.9 Å². The van der Waals surface area contributed by atoms with Crippen LogP contribution in [0.25, 0.3) is 0 Å². The second-order valence-electron chi connectivity index (χ2n) is 3.81. The molecule has 2 heterocycles. The predicted molar refractivity (Wildman–Crippen MR) is 72.9 cm³/mol. The van der Waals surface area contributed by atoms with Crippen molar-refractivity contribution in [2.24, 2.45) is 0 Å². The summed E-state index contributed by atoms with van der Waals surface area (Å²) >= 11 is 7.70. The van der Waals surface area contributed by atoms with E-state index in [0.717, 1.165) is 9.88 Å². The molecule has 0 aliphatic carbocycles. The standard InChI is InChI=1S/C12H11ClN4S/c1-7-6-16-12(18-7)8(2)17-11-10(13)9(5-14)3-4-15-11/h3-4,6,8H,1-2H3,(H,15,17). The Hall–Kier alpha value is -1.64. The first-order chi connectivity index (χ1) is 8.61. The quantitative estimate of drug-likeness (QED) is 0.933. The van der Waals surface area contributed by atoms with Gasteiger partial charge in [0.1, 0.15) is 21.9 Å². The molecular formula is C12H11ClN4S. The summed E-state index contributed by atoms with van der Waals surface area (Å²) in [6.45, 7) is 3.99. The third-order valence-corrected chi connectivity index (χ3v) is 3.85. The fraction of sp³-hybridized carbons (Fsp3) is 0.250. The Kier molecular flexibility index (Phi) is 3.80. The van der Waals surface area contributed by atoms with Crippen molar-refractivity contribution in [1.82, 2.24) is 9.97 Å². The molecule has 0 aromatic carbocycles. The number of nitrogens with zero attached hydrogens (tertiary/aromatic N) is 3. The molecule has 0 amide bonds. The fourth-order valence-electron chi connectivity index (χ4n) is 1.47. The van der Waals surface area contributed by atoms with Gasteiger partial charge in [-0.25, -0.2) is 9.97 Å². The van der Waals surface area contributed by atoms with Crippen LogP contribution in [0.1, 0.15) is 28.4 Å². The van der Waals surface area contributed by atoms with Crippen LogP contribution in [0.5, 0.6) is 0 Å². The fourth-order valence-corrected chi connectivity index (χ4v) is 2.45. The number of nitriles is 1. The maximum atomic E-state index is 8.90. The number of nitrogens with one attached hydrogen (secondary N) is 1. The number of anilines is 1. The predicted octanol–water partition coefficient (Wildman–Crippen LogP) is 3.54. The zero-order valence-corrected chi connectivity index (χ0v) is 11.5. The lowest BCUT2D eigenvalue weighted by molar-refractivity contribution is 0.860. The van der Waals surface area contributed by atoms with Gasteiger partial charge in [-0.2, -0.15) is 5.26 Å². The van der Waals surface area contributed by atoms with Crippen molar-refractivity contribution in [3.63, 3.8) is 0 Å². The van der Waals surface area contributed by atoms with Crippen LogP contribution in [0.2, 0.25) is 5.02 Å². The lowest BCUT2D eigenvalue weighted by Crippen LogP contribution is -2.08. The molecule has 92 valence electrons. The van der Waals surface area contributed by atoms with Gasteiger partial charge in [-0.3, -0.25) is 0 Å². The molecule has 18 heavy (non-hydrogen) atoms. The molecule has 0 aliphatic heterocycles. The van der Waals surface area contributed by atoms with Crippen LogP contribution < -0.4 is 5.32 Å². The van der Waals surface area contributed by atoms with Crippen LogP contribution in [0.4, 0.5) is 5.82 Å². The molecule has 2 rings (SSSR count). The van der Waals surface area contributed by atoms with E-state index in [1.54, 1.807) is 23.6 Å². The van der Waals surface area contributed by atoms with Gasteiger partial charge in [0, 0.05) is 17.3 Å². The Bertz CT molecular complexity index is 602. The summed E-state index contributed by atoms with van der Waals surface area (Å²) in [5.74, 6) is 0.510. The lowest BCUT2D eigenvalue weighted by Gasteiger charge is -2.13. The Labute approximate surface area is 114 Å². The van der Waals surface area contributed by atoms with Crippen molar-refractivity contribution in [3.05, 3.63) is 38.9 Å². The summed E-state index contributed by atoms with van der Waals surface area (Å²) in [6, 6.07) is 3.62. The van der Waals surface area contributed by atoms with Gasteiger partial charge >= 0.3 is 0 Å². The van der Waals surface area contributed by atoms with E-state index in [0.29, 0.717) is 16.4 Å². The Morgan fingerprint density at radius 1 is 1.50 bits per heavy atom. The number of halogens is 1. The first-order valence-corrected chi connectivity index (χ1v) is 6.54. The van der Waals surface area contributed by atoms with Gasteiger partial charge in [0.2, 0.25) is 0 Å². The van der Waals surface area contributed by atoms with Gasteiger partial charge in [-0.15, -0.1) is 11.3 Å². The van der Waals surface area contributed by atoms with E-state index >= 15 is 0 Å². The third kappa shape index (κ3) is 2.61. The molecule has 0 aliphatic rings. The number of thiazole rings is 1. The van der Waals surface area contributed by atoms with Crippen LogP contribution in [0.15, 0.2) is 18.5 Å². The van der Waals surface area contributed by atoms with Crippen molar-refractivity contribution >= 4 is 28.8 Å².